The quantitative estimate of drug-likeness (QED) is 0.534. The number of aliphatic hydroxyl groups excluding tert-OH is 2. The molecule has 0 aliphatic carbocycles. The summed E-state index contributed by atoms with van der Waals surface area (Å²) in [5.74, 6) is 0.212. The van der Waals surface area contributed by atoms with Crippen LogP contribution in [0.3, 0.4) is 0 Å². The summed E-state index contributed by atoms with van der Waals surface area (Å²) in [6, 6.07) is 9.93. The van der Waals surface area contributed by atoms with Gasteiger partial charge in [0, 0.05) is 15.6 Å². The fourth-order valence-electron chi connectivity index (χ4n) is 2.54. The summed E-state index contributed by atoms with van der Waals surface area (Å²) in [7, 11) is -0.471. The summed E-state index contributed by atoms with van der Waals surface area (Å²) in [5, 5.41) is 36.4. The van der Waals surface area contributed by atoms with E-state index in [9.17, 15) is 5.11 Å². The molecule has 8 heteroatoms. The smallest absolute Gasteiger partial charge is 0.494 e. The van der Waals surface area contributed by atoms with Gasteiger partial charge in [0.25, 0.3) is 0 Å². The van der Waals surface area contributed by atoms with Crippen LogP contribution in [0.5, 0.6) is 11.5 Å². The Balaban J connectivity index is 0.000000237. The van der Waals surface area contributed by atoms with Gasteiger partial charge in [0.05, 0.1) is 24.4 Å². The van der Waals surface area contributed by atoms with Gasteiger partial charge in [0.2, 0.25) is 0 Å². The number of hydrogen-bond donors (Lipinski definition) is 4. The Hall–Kier alpha value is -1.58. The minimum atomic E-state index is -0.471. The van der Waals surface area contributed by atoms with E-state index in [2.05, 4.69) is 15.9 Å². The molecule has 6 nitrogen and oxygen atoms in total. The predicted molar refractivity (Wildman–Crippen MR) is 111 cm³/mol. The molecule has 1 aliphatic rings. The second kappa shape index (κ2) is 8.84. The van der Waals surface area contributed by atoms with E-state index in [0.29, 0.717) is 11.1 Å². The Morgan fingerprint density at radius 3 is 1.75 bits per heavy atom. The van der Waals surface area contributed by atoms with E-state index in [1.54, 1.807) is 30.3 Å². The maximum Gasteiger partial charge on any atom is 0.494 e. The van der Waals surface area contributed by atoms with Crippen LogP contribution in [0, 0.1) is 0 Å². The van der Waals surface area contributed by atoms with Crippen LogP contribution in [0.1, 0.15) is 38.8 Å². The minimum Gasteiger partial charge on any atom is -0.508 e. The highest BCUT2D eigenvalue weighted by molar-refractivity contribution is 9.10. The maximum atomic E-state index is 9.54. The van der Waals surface area contributed by atoms with Gasteiger partial charge in [0.1, 0.15) is 11.5 Å². The zero-order valence-corrected chi connectivity index (χ0v) is 18.0. The molecule has 0 atom stereocenters. The third-order valence-electron chi connectivity index (χ3n) is 5.01. The molecule has 1 fully saturated rings. The van der Waals surface area contributed by atoms with Crippen molar-refractivity contribution in [2.75, 3.05) is 0 Å². The first kappa shape index (κ1) is 22.7. The number of halogens is 1. The summed E-state index contributed by atoms with van der Waals surface area (Å²) < 4.78 is 12.7. The van der Waals surface area contributed by atoms with Gasteiger partial charge < -0.3 is 29.7 Å². The van der Waals surface area contributed by atoms with Gasteiger partial charge >= 0.3 is 7.12 Å². The fourth-order valence-corrected chi connectivity index (χ4v) is 2.95. The van der Waals surface area contributed by atoms with Crippen LogP contribution in [-0.2, 0) is 22.5 Å². The van der Waals surface area contributed by atoms with Crippen molar-refractivity contribution in [1.29, 1.82) is 0 Å². The van der Waals surface area contributed by atoms with Crippen molar-refractivity contribution in [3.8, 4) is 11.5 Å². The van der Waals surface area contributed by atoms with Gasteiger partial charge in [0.15, 0.2) is 0 Å². The second-order valence-corrected chi connectivity index (χ2v) is 8.48. The second-order valence-electron chi connectivity index (χ2n) is 7.57. The van der Waals surface area contributed by atoms with E-state index < -0.39 is 18.3 Å². The van der Waals surface area contributed by atoms with Crippen LogP contribution in [0.15, 0.2) is 40.9 Å². The normalized spacial score (nSPS) is 17.2. The molecule has 1 heterocycles. The van der Waals surface area contributed by atoms with Crippen LogP contribution >= 0.6 is 15.9 Å². The third-order valence-corrected chi connectivity index (χ3v) is 5.50. The number of aliphatic hydroxyl groups is 2. The van der Waals surface area contributed by atoms with Crippen LogP contribution in [0.25, 0.3) is 0 Å². The molecule has 152 valence electrons. The van der Waals surface area contributed by atoms with Crippen molar-refractivity contribution in [3.05, 3.63) is 52.0 Å². The number of phenols is 2. The van der Waals surface area contributed by atoms with Gasteiger partial charge in [-0.25, -0.2) is 0 Å². The van der Waals surface area contributed by atoms with E-state index in [1.165, 1.54) is 6.07 Å². The highest BCUT2D eigenvalue weighted by Crippen LogP contribution is 2.36. The molecule has 1 aliphatic heterocycles. The Morgan fingerprint density at radius 2 is 1.29 bits per heavy atom. The van der Waals surface area contributed by atoms with E-state index in [4.69, 9.17) is 24.6 Å². The molecule has 2 aromatic carbocycles. The molecular weight excluding hydrogens is 427 g/mol. The first-order valence-electron chi connectivity index (χ1n) is 8.87. The molecule has 4 N–H and O–H groups in total. The fraction of sp³-hybridized carbons (Fsp3) is 0.400. The van der Waals surface area contributed by atoms with Crippen LogP contribution in [0.2, 0.25) is 0 Å². The Bertz CT molecular complexity index is 808. The summed E-state index contributed by atoms with van der Waals surface area (Å²) in [4.78, 5) is 0. The van der Waals surface area contributed by atoms with Crippen molar-refractivity contribution in [1.82, 2.24) is 0 Å². The average molecular weight is 453 g/mol. The molecule has 0 saturated carbocycles. The van der Waals surface area contributed by atoms with Crippen LogP contribution in [0.4, 0.5) is 0 Å². The van der Waals surface area contributed by atoms with Crippen molar-refractivity contribution in [3.63, 3.8) is 0 Å². The molecule has 0 amide bonds. The lowest BCUT2D eigenvalue weighted by molar-refractivity contribution is 0.00578. The van der Waals surface area contributed by atoms with Crippen molar-refractivity contribution >= 4 is 28.5 Å². The molecule has 1 saturated heterocycles. The monoisotopic (exact) mass is 452 g/mol. The van der Waals surface area contributed by atoms with Crippen molar-refractivity contribution < 1.29 is 29.7 Å². The largest absolute Gasteiger partial charge is 0.508 e. The Labute approximate surface area is 174 Å². The SMILES string of the molecule is CC1(C)OB(c2ccc(O)c(CO)c2)OC1(C)C.OCc1cc(Br)ccc1O. The van der Waals surface area contributed by atoms with Crippen LogP contribution < -0.4 is 5.46 Å². The van der Waals surface area contributed by atoms with Crippen molar-refractivity contribution in [2.45, 2.75) is 52.1 Å². The predicted octanol–water partition coefficient (Wildman–Crippen LogP) is 2.83. The lowest BCUT2D eigenvalue weighted by Gasteiger charge is -2.32. The zero-order valence-electron chi connectivity index (χ0n) is 16.4. The van der Waals surface area contributed by atoms with Gasteiger partial charge in [-0.1, -0.05) is 28.1 Å². The molecule has 0 bridgehead atoms. The molecule has 2 aromatic rings. The van der Waals surface area contributed by atoms with Gasteiger partial charge in [-0.05, 0) is 57.4 Å². The lowest BCUT2D eigenvalue weighted by atomic mass is 9.78. The summed E-state index contributed by atoms with van der Waals surface area (Å²) >= 11 is 3.21. The first-order valence-corrected chi connectivity index (χ1v) is 9.66. The summed E-state index contributed by atoms with van der Waals surface area (Å²) in [5.41, 5.74) is 1.02. The van der Waals surface area contributed by atoms with E-state index >= 15 is 0 Å². The van der Waals surface area contributed by atoms with E-state index in [-0.39, 0.29) is 24.7 Å². The van der Waals surface area contributed by atoms with Crippen molar-refractivity contribution in [2.24, 2.45) is 0 Å². The molecule has 0 spiro atoms. The lowest BCUT2D eigenvalue weighted by Crippen LogP contribution is -2.41. The Morgan fingerprint density at radius 1 is 0.821 bits per heavy atom. The molecular formula is C20H26BBrO6. The summed E-state index contributed by atoms with van der Waals surface area (Å²) in [6.45, 7) is 7.60. The number of benzene rings is 2. The van der Waals surface area contributed by atoms with Crippen LogP contribution in [-0.4, -0.2) is 38.7 Å². The average Bonchev–Trinajstić information content (AvgIpc) is 2.85. The van der Waals surface area contributed by atoms with Gasteiger partial charge in [-0.2, -0.15) is 0 Å². The number of aromatic hydroxyl groups is 2. The maximum absolute atomic E-state index is 9.54. The van der Waals surface area contributed by atoms with Gasteiger partial charge in [-0.15, -0.1) is 0 Å². The highest BCUT2D eigenvalue weighted by atomic mass is 79.9. The molecule has 0 radical (unpaired) electrons. The highest BCUT2D eigenvalue weighted by Gasteiger charge is 2.51. The minimum absolute atomic E-state index is 0.0813. The standard InChI is InChI=1S/C13H19BO4.C7H7BrO2/c1-12(2)13(3,4)18-14(17-12)10-5-6-11(16)9(7-10)8-15;8-6-1-2-7(10)5(3-6)4-9/h5-7,15-16H,8H2,1-4H3;1-3,9-10H,4H2. The molecule has 3 rings (SSSR count). The Kier molecular flexibility index (Phi) is 7.17. The van der Waals surface area contributed by atoms with E-state index in [0.717, 1.165) is 9.94 Å². The topological polar surface area (TPSA) is 99.4 Å². The number of hydrogen-bond acceptors (Lipinski definition) is 6. The first-order chi connectivity index (χ1) is 13.0. The number of rotatable bonds is 3. The third kappa shape index (κ3) is 5.07. The molecule has 28 heavy (non-hydrogen) atoms. The molecule has 0 aromatic heterocycles. The van der Waals surface area contributed by atoms with E-state index in [1.807, 2.05) is 27.7 Å². The van der Waals surface area contributed by atoms with Gasteiger partial charge in [-0.3, -0.25) is 0 Å². The summed E-state index contributed by atoms with van der Waals surface area (Å²) in [6.07, 6.45) is 0. The zero-order chi connectivity index (χ0) is 21.1. The molecule has 0 unspecified atom stereocenters.